The highest BCUT2D eigenvalue weighted by Crippen LogP contribution is 2.54. The third-order valence-corrected chi connectivity index (χ3v) is 5.34. The summed E-state index contributed by atoms with van der Waals surface area (Å²) in [5, 5.41) is 21.4. The third-order valence-electron chi connectivity index (χ3n) is 5.34. The third kappa shape index (κ3) is 1.33. The van der Waals surface area contributed by atoms with Crippen molar-refractivity contribution in [2.75, 3.05) is 0 Å². The van der Waals surface area contributed by atoms with Crippen LogP contribution in [0.5, 0.6) is 0 Å². The molecule has 2 aliphatic rings. The summed E-state index contributed by atoms with van der Waals surface area (Å²) in [7, 11) is 0. The minimum atomic E-state index is -1.49. The number of carbonyl (C=O) groups is 1. The molecule has 1 saturated carbocycles. The Morgan fingerprint density at radius 2 is 2.11 bits per heavy atom. The predicted molar refractivity (Wildman–Crippen MR) is 68.9 cm³/mol. The van der Waals surface area contributed by atoms with Crippen molar-refractivity contribution in [3.8, 4) is 0 Å². The summed E-state index contributed by atoms with van der Waals surface area (Å²) in [6.45, 7) is 5.50. The molecule has 1 aromatic heterocycles. The van der Waals surface area contributed by atoms with Crippen molar-refractivity contribution in [3.63, 3.8) is 0 Å². The minimum Gasteiger partial charge on any atom is -0.468 e. The zero-order valence-electron chi connectivity index (χ0n) is 11.6. The first-order valence-corrected chi connectivity index (χ1v) is 6.84. The molecule has 0 unspecified atom stereocenters. The van der Waals surface area contributed by atoms with Gasteiger partial charge in [-0.15, -0.1) is 0 Å². The predicted octanol–water partition coefficient (Wildman–Crippen LogP) is 1.86. The van der Waals surface area contributed by atoms with Crippen molar-refractivity contribution in [1.82, 2.24) is 0 Å². The van der Waals surface area contributed by atoms with Crippen LogP contribution in [0.25, 0.3) is 0 Å². The summed E-state index contributed by atoms with van der Waals surface area (Å²) in [4.78, 5) is 12.8. The first-order chi connectivity index (χ1) is 8.82. The molecule has 0 bridgehead atoms. The highest BCUT2D eigenvalue weighted by molar-refractivity contribution is 6.06. The van der Waals surface area contributed by atoms with Gasteiger partial charge in [0.05, 0.1) is 17.9 Å². The summed E-state index contributed by atoms with van der Waals surface area (Å²) in [5.74, 6) is 0.160. The van der Waals surface area contributed by atoms with Crippen LogP contribution in [0.15, 0.2) is 10.7 Å². The van der Waals surface area contributed by atoms with Crippen LogP contribution >= 0.6 is 0 Å². The Kier molecular flexibility index (Phi) is 2.51. The van der Waals surface area contributed by atoms with Gasteiger partial charge in [0, 0.05) is 11.8 Å². The average Bonchev–Trinajstić information content (AvgIpc) is 2.72. The molecule has 3 rings (SSSR count). The Morgan fingerprint density at radius 1 is 1.42 bits per heavy atom. The Morgan fingerprint density at radius 3 is 2.79 bits per heavy atom. The van der Waals surface area contributed by atoms with Gasteiger partial charge in [-0.3, -0.25) is 4.79 Å². The lowest BCUT2D eigenvalue weighted by atomic mass is 9.52. The molecule has 4 atom stereocenters. The van der Waals surface area contributed by atoms with Crippen molar-refractivity contribution in [2.24, 2.45) is 11.3 Å². The van der Waals surface area contributed by atoms with Crippen LogP contribution in [0, 0.1) is 18.3 Å². The highest BCUT2D eigenvalue weighted by atomic mass is 16.3. The van der Waals surface area contributed by atoms with Crippen molar-refractivity contribution in [2.45, 2.75) is 51.7 Å². The molecular weight excluding hydrogens is 244 g/mol. The number of Topliss-reactive ketones (excluding diaryl/α,β-unsaturated/α-hetero) is 1. The van der Waals surface area contributed by atoms with E-state index >= 15 is 0 Å². The summed E-state index contributed by atoms with van der Waals surface area (Å²) in [5.41, 5.74) is -1.07. The normalized spacial score (nSPS) is 41.8. The molecule has 0 amide bonds. The molecule has 1 aromatic rings. The Labute approximate surface area is 112 Å². The molecule has 1 fully saturated rings. The van der Waals surface area contributed by atoms with Crippen molar-refractivity contribution in [1.29, 1.82) is 0 Å². The number of rotatable bonds is 0. The van der Waals surface area contributed by atoms with Crippen LogP contribution < -0.4 is 0 Å². The number of furan rings is 1. The second-order valence-electron chi connectivity index (χ2n) is 6.40. The van der Waals surface area contributed by atoms with Gasteiger partial charge in [0.1, 0.15) is 11.4 Å². The Bertz CT molecular complexity index is 546. The number of aliphatic hydroxyl groups excluding tert-OH is 1. The van der Waals surface area contributed by atoms with E-state index in [1.165, 1.54) is 0 Å². The van der Waals surface area contributed by atoms with Crippen LogP contribution in [0.4, 0.5) is 0 Å². The van der Waals surface area contributed by atoms with Crippen molar-refractivity contribution in [3.05, 3.63) is 23.2 Å². The molecule has 4 heteroatoms. The molecule has 19 heavy (non-hydrogen) atoms. The highest BCUT2D eigenvalue weighted by Gasteiger charge is 2.64. The van der Waals surface area contributed by atoms with Gasteiger partial charge in [-0.05, 0) is 31.2 Å². The number of aryl methyl sites for hydroxylation is 1. The molecule has 0 saturated heterocycles. The van der Waals surface area contributed by atoms with Crippen LogP contribution in [0.2, 0.25) is 0 Å². The first kappa shape index (κ1) is 12.9. The lowest BCUT2D eigenvalue weighted by Gasteiger charge is -2.55. The number of ketones is 1. The summed E-state index contributed by atoms with van der Waals surface area (Å²) in [6, 6.07) is 0. The van der Waals surface area contributed by atoms with Gasteiger partial charge < -0.3 is 14.6 Å². The summed E-state index contributed by atoms with van der Waals surface area (Å²) in [6.07, 6.45) is 2.55. The van der Waals surface area contributed by atoms with E-state index in [1.807, 2.05) is 13.8 Å². The number of aliphatic hydroxyl groups is 2. The standard InChI is InChI=1S/C15H20O4/c1-8-7-19-10-6-14(3)11(16)5-4-9(2)15(14,18)13(17)12(8)10/h7,9,11,16,18H,4-6H2,1-3H3/t9-,11+,14+,15-/m0/s1. The number of carbonyl (C=O) groups excluding carboxylic acids is 1. The largest absolute Gasteiger partial charge is 0.468 e. The van der Waals surface area contributed by atoms with Gasteiger partial charge in [0.15, 0.2) is 5.78 Å². The van der Waals surface area contributed by atoms with E-state index < -0.39 is 17.1 Å². The number of hydrogen-bond donors (Lipinski definition) is 2. The second-order valence-corrected chi connectivity index (χ2v) is 6.40. The molecule has 0 aromatic carbocycles. The topological polar surface area (TPSA) is 70.7 Å². The van der Waals surface area contributed by atoms with Crippen molar-refractivity contribution < 1.29 is 19.4 Å². The van der Waals surface area contributed by atoms with E-state index in [-0.39, 0.29) is 11.7 Å². The molecule has 2 aliphatic carbocycles. The van der Waals surface area contributed by atoms with E-state index in [4.69, 9.17) is 4.42 Å². The van der Waals surface area contributed by atoms with E-state index in [9.17, 15) is 15.0 Å². The van der Waals surface area contributed by atoms with E-state index in [0.29, 0.717) is 30.6 Å². The van der Waals surface area contributed by atoms with Crippen molar-refractivity contribution >= 4 is 5.78 Å². The average molecular weight is 264 g/mol. The van der Waals surface area contributed by atoms with E-state index in [0.717, 1.165) is 5.56 Å². The van der Waals surface area contributed by atoms with Gasteiger partial charge in [-0.1, -0.05) is 13.8 Å². The minimum absolute atomic E-state index is 0.157. The SMILES string of the molecule is Cc1coc2c1C(=O)[C@@]1(O)[C@@H](C)CC[C@@H](O)[C@@]1(C)C2. The molecule has 104 valence electrons. The smallest absolute Gasteiger partial charge is 0.199 e. The molecule has 4 nitrogen and oxygen atoms in total. The quantitative estimate of drug-likeness (QED) is 0.750. The molecular formula is C15H20O4. The van der Waals surface area contributed by atoms with Crippen LogP contribution in [-0.4, -0.2) is 27.7 Å². The molecule has 0 radical (unpaired) electrons. The van der Waals surface area contributed by atoms with E-state index in [2.05, 4.69) is 0 Å². The molecule has 1 heterocycles. The molecule has 0 spiro atoms. The maximum atomic E-state index is 12.8. The van der Waals surface area contributed by atoms with Gasteiger partial charge in [0.25, 0.3) is 0 Å². The summed E-state index contributed by atoms with van der Waals surface area (Å²) < 4.78 is 5.46. The fourth-order valence-corrected chi connectivity index (χ4v) is 3.95. The number of hydrogen-bond acceptors (Lipinski definition) is 4. The fourth-order valence-electron chi connectivity index (χ4n) is 3.95. The zero-order valence-corrected chi connectivity index (χ0v) is 11.6. The Hall–Kier alpha value is -1.13. The van der Waals surface area contributed by atoms with Gasteiger partial charge in [0.2, 0.25) is 0 Å². The lowest BCUT2D eigenvalue weighted by molar-refractivity contribution is -0.167. The van der Waals surface area contributed by atoms with Crippen LogP contribution in [-0.2, 0) is 6.42 Å². The monoisotopic (exact) mass is 264 g/mol. The fraction of sp³-hybridized carbons (Fsp3) is 0.667. The second kappa shape index (κ2) is 3.70. The maximum absolute atomic E-state index is 12.8. The molecule has 2 N–H and O–H groups in total. The first-order valence-electron chi connectivity index (χ1n) is 6.84. The zero-order chi connectivity index (χ0) is 14.0. The maximum Gasteiger partial charge on any atom is 0.199 e. The lowest BCUT2D eigenvalue weighted by Crippen LogP contribution is -2.67. The number of fused-ring (bicyclic) bond motifs is 2. The van der Waals surface area contributed by atoms with Gasteiger partial charge in [-0.25, -0.2) is 0 Å². The van der Waals surface area contributed by atoms with Gasteiger partial charge >= 0.3 is 0 Å². The Balaban J connectivity index is 2.23. The van der Waals surface area contributed by atoms with Crippen LogP contribution in [0.3, 0.4) is 0 Å². The van der Waals surface area contributed by atoms with E-state index in [1.54, 1.807) is 13.2 Å². The van der Waals surface area contributed by atoms with Gasteiger partial charge in [-0.2, -0.15) is 0 Å². The molecule has 0 aliphatic heterocycles. The van der Waals surface area contributed by atoms with Crippen LogP contribution in [0.1, 0.15) is 48.4 Å². The summed E-state index contributed by atoms with van der Waals surface area (Å²) >= 11 is 0.